The van der Waals surface area contributed by atoms with Crippen molar-refractivity contribution in [2.24, 2.45) is 7.05 Å². The molecular weight excluding hydrogens is 289 g/mol. The van der Waals surface area contributed by atoms with E-state index in [1.807, 2.05) is 24.3 Å². The summed E-state index contributed by atoms with van der Waals surface area (Å²) in [4.78, 5) is 0. The van der Waals surface area contributed by atoms with Crippen LogP contribution in [0.25, 0.3) is 22.4 Å². The zero-order chi connectivity index (χ0) is 15.0. The zero-order valence-corrected chi connectivity index (χ0v) is 12.1. The summed E-state index contributed by atoms with van der Waals surface area (Å²) in [6.07, 6.45) is 0. The van der Waals surface area contributed by atoms with Gasteiger partial charge in [0, 0.05) is 17.6 Å². The van der Waals surface area contributed by atoms with Crippen molar-refractivity contribution in [1.29, 1.82) is 0 Å². The Kier molecular flexibility index (Phi) is 3.39. The van der Waals surface area contributed by atoms with Crippen molar-refractivity contribution < 1.29 is 4.39 Å². The minimum Gasteiger partial charge on any atom is -0.383 e. The molecule has 0 fully saturated rings. The van der Waals surface area contributed by atoms with Gasteiger partial charge in [0.15, 0.2) is 0 Å². The van der Waals surface area contributed by atoms with Crippen LogP contribution in [0.4, 0.5) is 10.2 Å². The van der Waals surface area contributed by atoms with Crippen LogP contribution in [-0.4, -0.2) is 9.78 Å². The van der Waals surface area contributed by atoms with Gasteiger partial charge < -0.3 is 5.73 Å². The molecule has 0 atom stereocenters. The lowest BCUT2D eigenvalue weighted by Gasteiger charge is -2.05. The third-order valence-electron chi connectivity index (χ3n) is 3.30. The Labute approximate surface area is 126 Å². The van der Waals surface area contributed by atoms with E-state index < -0.39 is 0 Å². The standard InChI is InChI=1S/C16H13ClFN3/c1-21-16(19)14(10-4-3-7-13(18)9-10)15(20-21)11-5-2-6-12(17)8-11/h2-9H,19H2,1H3. The molecule has 0 radical (unpaired) electrons. The van der Waals surface area contributed by atoms with Crippen molar-refractivity contribution in [3.05, 3.63) is 59.4 Å². The van der Waals surface area contributed by atoms with E-state index in [1.54, 1.807) is 23.9 Å². The van der Waals surface area contributed by atoms with Gasteiger partial charge in [0.1, 0.15) is 17.3 Å². The van der Waals surface area contributed by atoms with Crippen molar-refractivity contribution >= 4 is 17.4 Å². The number of aryl methyl sites for hydroxylation is 1. The monoisotopic (exact) mass is 301 g/mol. The van der Waals surface area contributed by atoms with Crippen molar-refractivity contribution in [1.82, 2.24) is 9.78 Å². The second-order valence-corrected chi connectivity index (χ2v) is 5.19. The first-order valence-electron chi connectivity index (χ1n) is 6.40. The number of aromatic nitrogens is 2. The molecule has 2 aromatic carbocycles. The van der Waals surface area contributed by atoms with Crippen LogP contribution in [0.2, 0.25) is 5.02 Å². The quantitative estimate of drug-likeness (QED) is 0.773. The Morgan fingerprint density at radius 1 is 1.10 bits per heavy atom. The lowest BCUT2D eigenvalue weighted by Crippen LogP contribution is -1.98. The number of hydrogen-bond acceptors (Lipinski definition) is 2. The average molecular weight is 302 g/mol. The van der Waals surface area contributed by atoms with Crippen molar-refractivity contribution in [3.8, 4) is 22.4 Å². The van der Waals surface area contributed by atoms with Gasteiger partial charge in [0.05, 0.1) is 5.56 Å². The molecule has 5 heteroatoms. The third-order valence-corrected chi connectivity index (χ3v) is 3.54. The lowest BCUT2D eigenvalue weighted by molar-refractivity contribution is 0.628. The predicted molar refractivity (Wildman–Crippen MR) is 83.5 cm³/mol. The van der Waals surface area contributed by atoms with Gasteiger partial charge in [-0.15, -0.1) is 0 Å². The summed E-state index contributed by atoms with van der Waals surface area (Å²) in [5.74, 6) is 0.170. The molecule has 0 aliphatic carbocycles. The topological polar surface area (TPSA) is 43.8 Å². The number of hydrogen-bond donors (Lipinski definition) is 1. The van der Waals surface area contributed by atoms with Crippen molar-refractivity contribution in [2.75, 3.05) is 5.73 Å². The van der Waals surface area contributed by atoms with Crippen LogP contribution in [0, 0.1) is 5.82 Å². The molecule has 2 N–H and O–H groups in total. The van der Waals surface area contributed by atoms with Gasteiger partial charge in [-0.2, -0.15) is 5.10 Å². The molecule has 3 rings (SSSR count). The molecule has 0 saturated carbocycles. The second kappa shape index (κ2) is 5.22. The van der Waals surface area contributed by atoms with Gasteiger partial charge in [-0.05, 0) is 29.8 Å². The van der Waals surface area contributed by atoms with Gasteiger partial charge in [0.25, 0.3) is 0 Å². The molecule has 0 saturated heterocycles. The summed E-state index contributed by atoms with van der Waals surface area (Å²) in [6, 6.07) is 13.7. The molecule has 3 aromatic rings. The summed E-state index contributed by atoms with van der Waals surface area (Å²) in [6.45, 7) is 0. The Morgan fingerprint density at radius 2 is 1.81 bits per heavy atom. The highest BCUT2D eigenvalue weighted by molar-refractivity contribution is 6.30. The highest BCUT2D eigenvalue weighted by atomic mass is 35.5. The summed E-state index contributed by atoms with van der Waals surface area (Å²) in [7, 11) is 1.76. The third kappa shape index (κ3) is 2.50. The summed E-state index contributed by atoms with van der Waals surface area (Å²) in [5.41, 5.74) is 9.03. The van der Waals surface area contributed by atoms with E-state index in [4.69, 9.17) is 17.3 Å². The van der Waals surface area contributed by atoms with Gasteiger partial charge in [-0.25, -0.2) is 4.39 Å². The molecule has 106 valence electrons. The number of rotatable bonds is 2. The Bertz CT molecular complexity index is 811. The van der Waals surface area contributed by atoms with Gasteiger partial charge in [0.2, 0.25) is 0 Å². The molecule has 0 spiro atoms. The Morgan fingerprint density at radius 3 is 2.52 bits per heavy atom. The second-order valence-electron chi connectivity index (χ2n) is 4.75. The highest BCUT2D eigenvalue weighted by Crippen LogP contribution is 2.36. The van der Waals surface area contributed by atoms with E-state index >= 15 is 0 Å². The number of nitrogens with two attached hydrogens (primary N) is 1. The first-order valence-corrected chi connectivity index (χ1v) is 6.78. The fraction of sp³-hybridized carbons (Fsp3) is 0.0625. The first kappa shape index (κ1) is 13.6. The molecule has 0 amide bonds. The van der Waals surface area contributed by atoms with Gasteiger partial charge in [-0.3, -0.25) is 4.68 Å². The van der Waals surface area contributed by atoms with Crippen LogP contribution in [0.3, 0.4) is 0 Å². The zero-order valence-electron chi connectivity index (χ0n) is 11.3. The molecule has 0 bridgehead atoms. The summed E-state index contributed by atoms with van der Waals surface area (Å²) in [5, 5.41) is 5.05. The average Bonchev–Trinajstić information content (AvgIpc) is 2.75. The molecule has 3 nitrogen and oxygen atoms in total. The van der Waals surface area contributed by atoms with Gasteiger partial charge in [-0.1, -0.05) is 35.9 Å². The maximum absolute atomic E-state index is 13.5. The van der Waals surface area contributed by atoms with E-state index in [-0.39, 0.29) is 5.82 Å². The van der Waals surface area contributed by atoms with Crippen LogP contribution in [-0.2, 0) is 7.05 Å². The van der Waals surface area contributed by atoms with E-state index in [0.29, 0.717) is 27.7 Å². The lowest BCUT2D eigenvalue weighted by atomic mass is 10.0. The number of anilines is 1. The SMILES string of the molecule is Cn1nc(-c2cccc(Cl)c2)c(-c2cccc(F)c2)c1N. The van der Waals surface area contributed by atoms with E-state index in [0.717, 1.165) is 5.56 Å². The van der Waals surface area contributed by atoms with Crippen LogP contribution in [0.5, 0.6) is 0 Å². The molecule has 21 heavy (non-hydrogen) atoms. The van der Waals surface area contributed by atoms with Crippen LogP contribution in [0.15, 0.2) is 48.5 Å². The molecule has 0 aliphatic heterocycles. The number of nitrogen functional groups attached to an aromatic ring is 1. The number of halogens is 2. The van der Waals surface area contributed by atoms with Crippen LogP contribution in [0.1, 0.15) is 0 Å². The van der Waals surface area contributed by atoms with Crippen molar-refractivity contribution in [3.63, 3.8) is 0 Å². The van der Waals surface area contributed by atoms with Gasteiger partial charge >= 0.3 is 0 Å². The molecule has 1 aromatic heterocycles. The molecule has 0 unspecified atom stereocenters. The van der Waals surface area contributed by atoms with E-state index in [9.17, 15) is 4.39 Å². The largest absolute Gasteiger partial charge is 0.383 e. The predicted octanol–water partition coefficient (Wildman–Crippen LogP) is 4.13. The molecular formula is C16H13ClFN3. The van der Waals surface area contributed by atoms with E-state index in [2.05, 4.69) is 5.10 Å². The van der Waals surface area contributed by atoms with Crippen molar-refractivity contribution in [2.45, 2.75) is 0 Å². The minimum absolute atomic E-state index is 0.312. The number of benzene rings is 2. The summed E-state index contributed by atoms with van der Waals surface area (Å²) < 4.78 is 15.1. The maximum atomic E-state index is 13.5. The normalized spacial score (nSPS) is 10.8. The minimum atomic E-state index is -0.312. The summed E-state index contributed by atoms with van der Waals surface area (Å²) >= 11 is 6.04. The smallest absolute Gasteiger partial charge is 0.129 e. The van der Waals surface area contributed by atoms with Crippen LogP contribution < -0.4 is 5.73 Å². The highest BCUT2D eigenvalue weighted by Gasteiger charge is 2.17. The fourth-order valence-corrected chi connectivity index (χ4v) is 2.49. The number of nitrogens with zero attached hydrogens (tertiary/aromatic N) is 2. The van der Waals surface area contributed by atoms with Crippen LogP contribution >= 0.6 is 11.6 Å². The molecule has 0 aliphatic rings. The van der Waals surface area contributed by atoms with E-state index in [1.165, 1.54) is 12.1 Å². The Balaban J connectivity index is 2.25. The Hall–Kier alpha value is -2.33. The maximum Gasteiger partial charge on any atom is 0.129 e. The molecule has 1 heterocycles. The fourth-order valence-electron chi connectivity index (χ4n) is 2.30. The first-order chi connectivity index (χ1) is 10.1.